The summed E-state index contributed by atoms with van der Waals surface area (Å²) in [5, 5.41) is 3.56. The van der Waals surface area contributed by atoms with Gasteiger partial charge in [-0.3, -0.25) is 9.10 Å². The maximum atomic E-state index is 13.8. The van der Waals surface area contributed by atoms with Crippen LogP contribution in [0, 0.1) is 0 Å². The summed E-state index contributed by atoms with van der Waals surface area (Å²) in [5.74, 6) is -0.527. The molecule has 1 aliphatic carbocycles. The van der Waals surface area contributed by atoms with Crippen molar-refractivity contribution in [2.45, 2.75) is 37.5 Å². The molecule has 0 spiro atoms. The van der Waals surface area contributed by atoms with E-state index < -0.39 is 28.4 Å². The zero-order valence-electron chi connectivity index (χ0n) is 21.8. The van der Waals surface area contributed by atoms with Gasteiger partial charge in [-0.2, -0.15) is 0 Å². The Hall–Kier alpha value is -3.28. The van der Waals surface area contributed by atoms with Gasteiger partial charge >= 0.3 is 5.97 Å². The van der Waals surface area contributed by atoms with Crippen molar-refractivity contribution in [1.29, 1.82) is 0 Å². The average molecular weight is 593 g/mol. The van der Waals surface area contributed by atoms with Crippen LogP contribution in [-0.4, -0.2) is 47.7 Å². The van der Waals surface area contributed by atoms with E-state index in [2.05, 4.69) is 5.32 Å². The first-order chi connectivity index (χ1) is 18.7. The minimum atomic E-state index is -4.24. The molecule has 1 N–H and O–H groups in total. The molecule has 208 valence electrons. The van der Waals surface area contributed by atoms with Gasteiger partial charge in [0.15, 0.2) is 11.5 Å². The first kappa shape index (κ1) is 28.7. The Morgan fingerprint density at radius 2 is 1.72 bits per heavy atom. The SMILES string of the molecule is CCOC(=O)c1c(NC(=O)CN(c2ccc(Cl)cc2)S(=O)(=O)c2ccc(OC)c(OC)c2)sc2c1CCCC2. The lowest BCUT2D eigenvalue weighted by molar-refractivity contribution is -0.114. The van der Waals surface area contributed by atoms with Gasteiger partial charge in [0.05, 0.1) is 37.0 Å². The van der Waals surface area contributed by atoms with Crippen LogP contribution in [0.5, 0.6) is 11.5 Å². The number of methoxy groups -OCH3 is 2. The van der Waals surface area contributed by atoms with E-state index in [0.29, 0.717) is 21.3 Å². The Balaban J connectivity index is 1.69. The van der Waals surface area contributed by atoms with Gasteiger partial charge < -0.3 is 19.5 Å². The predicted octanol–water partition coefficient (Wildman–Crippen LogP) is 5.31. The lowest BCUT2D eigenvalue weighted by Crippen LogP contribution is -2.38. The van der Waals surface area contributed by atoms with Crippen molar-refractivity contribution in [2.24, 2.45) is 0 Å². The Kier molecular flexibility index (Phi) is 9.04. The molecule has 1 aromatic heterocycles. The molecule has 4 rings (SSSR count). The molecule has 1 heterocycles. The highest BCUT2D eigenvalue weighted by molar-refractivity contribution is 7.92. The van der Waals surface area contributed by atoms with Gasteiger partial charge in [0.2, 0.25) is 5.91 Å². The van der Waals surface area contributed by atoms with Crippen LogP contribution in [0.3, 0.4) is 0 Å². The lowest BCUT2D eigenvalue weighted by Gasteiger charge is -2.24. The number of benzene rings is 2. The van der Waals surface area contributed by atoms with Crippen molar-refractivity contribution in [3.05, 3.63) is 63.5 Å². The van der Waals surface area contributed by atoms with Crippen LogP contribution in [0.1, 0.15) is 40.6 Å². The van der Waals surface area contributed by atoms with Gasteiger partial charge in [-0.15, -0.1) is 11.3 Å². The van der Waals surface area contributed by atoms with E-state index >= 15 is 0 Å². The second-order valence-corrected chi connectivity index (χ2v) is 12.1. The van der Waals surface area contributed by atoms with E-state index in [1.165, 1.54) is 68.0 Å². The number of esters is 1. The topological polar surface area (TPSA) is 111 Å². The van der Waals surface area contributed by atoms with Crippen LogP contribution in [0.2, 0.25) is 5.02 Å². The molecule has 0 aliphatic heterocycles. The Morgan fingerprint density at radius 1 is 1.03 bits per heavy atom. The molecular formula is C27H29ClN2O7S2. The standard InChI is InChI=1S/C27H29ClN2O7S2/c1-4-37-27(32)25-20-7-5-6-8-23(20)38-26(25)29-24(31)16-30(18-11-9-17(28)10-12-18)39(33,34)19-13-14-21(35-2)22(15-19)36-3/h9-15H,4-8,16H2,1-3H3,(H,29,31). The van der Waals surface area contributed by atoms with Gasteiger partial charge in [-0.25, -0.2) is 13.2 Å². The number of thiophene rings is 1. The summed E-state index contributed by atoms with van der Waals surface area (Å²) in [7, 11) is -1.39. The molecule has 2 aromatic carbocycles. The first-order valence-electron chi connectivity index (χ1n) is 12.3. The second kappa shape index (κ2) is 12.3. The van der Waals surface area contributed by atoms with Crippen molar-refractivity contribution in [3.8, 4) is 11.5 Å². The van der Waals surface area contributed by atoms with E-state index in [0.717, 1.165) is 40.4 Å². The van der Waals surface area contributed by atoms with Crippen molar-refractivity contribution in [1.82, 2.24) is 0 Å². The molecular weight excluding hydrogens is 564 g/mol. The van der Waals surface area contributed by atoms with E-state index in [1.807, 2.05) is 0 Å². The van der Waals surface area contributed by atoms with Gasteiger partial charge in [-0.05, 0) is 74.6 Å². The molecule has 12 heteroatoms. The molecule has 3 aromatic rings. The quantitative estimate of drug-likeness (QED) is 0.318. The number of amides is 1. The highest BCUT2D eigenvalue weighted by Gasteiger charge is 2.31. The van der Waals surface area contributed by atoms with Crippen molar-refractivity contribution < 1.29 is 32.2 Å². The van der Waals surface area contributed by atoms with Crippen LogP contribution in [0.15, 0.2) is 47.4 Å². The second-order valence-electron chi connectivity index (χ2n) is 8.69. The van der Waals surface area contributed by atoms with Crippen LogP contribution < -0.4 is 19.1 Å². The summed E-state index contributed by atoms with van der Waals surface area (Å²) in [6, 6.07) is 10.3. The maximum Gasteiger partial charge on any atom is 0.341 e. The summed E-state index contributed by atoms with van der Waals surface area (Å²) < 4.78 is 44.4. The normalized spacial score (nSPS) is 12.8. The summed E-state index contributed by atoms with van der Waals surface area (Å²) >= 11 is 7.37. The third-order valence-electron chi connectivity index (χ3n) is 6.25. The average Bonchev–Trinajstić information content (AvgIpc) is 3.29. The molecule has 1 aliphatic rings. The van der Waals surface area contributed by atoms with Crippen molar-refractivity contribution in [2.75, 3.05) is 37.0 Å². The number of aryl methyl sites for hydroxylation is 1. The first-order valence-corrected chi connectivity index (χ1v) is 14.9. The Bertz CT molecular complexity index is 1470. The molecule has 0 fully saturated rings. The number of rotatable bonds is 10. The number of anilines is 2. The smallest absolute Gasteiger partial charge is 0.341 e. The van der Waals surface area contributed by atoms with E-state index in [-0.39, 0.29) is 22.9 Å². The molecule has 0 unspecified atom stereocenters. The van der Waals surface area contributed by atoms with Gasteiger partial charge in [0.25, 0.3) is 10.0 Å². The van der Waals surface area contributed by atoms with E-state index in [1.54, 1.807) is 6.92 Å². The highest BCUT2D eigenvalue weighted by Crippen LogP contribution is 2.39. The molecule has 0 atom stereocenters. The monoisotopic (exact) mass is 592 g/mol. The number of hydrogen-bond donors (Lipinski definition) is 1. The fraction of sp³-hybridized carbons (Fsp3) is 0.333. The minimum Gasteiger partial charge on any atom is -0.493 e. The number of halogens is 1. The summed E-state index contributed by atoms with van der Waals surface area (Å²) in [5.41, 5.74) is 1.48. The Morgan fingerprint density at radius 3 is 2.38 bits per heavy atom. The Labute approximate surface area is 236 Å². The number of nitrogens with one attached hydrogen (secondary N) is 1. The number of carbonyl (C=O) groups excluding carboxylic acids is 2. The molecule has 0 saturated heterocycles. The number of fused-ring (bicyclic) bond motifs is 1. The number of hydrogen-bond acceptors (Lipinski definition) is 8. The van der Waals surface area contributed by atoms with Crippen LogP contribution in [0.4, 0.5) is 10.7 Å². The van der Waals surface area contributed by atoms with Crippen LogP contribution in [-0.2, 0) is 32.4 Å². The number of nitrogens with zero attached hydrogens (tertiary/aromatic N) is 1. The molecule has 0 bridgehead atoms. The minimum absolute atomic E-state index is 0.0956. The van der Waals surface area contributed by atoms with Crippen LogP contribution in [0.25, 0.3) is 0 Å². The van der Waals surface area contributed by atoms with Gasteiger partial charge in [0, 0.05) is 16.0 Å². The fourth-order valence-electron chi connectivity index (χ4n) is 4.40. The molecule has 0 radical (unpaired) electrons. The third-order valence-corrected chi connectivity index (χ3v) is 9.48. The molecule has 9 nitrogen and oxygen atoms in total. The zero-order valence-corrected chi connectivity index (χ0v) is 24.2. The summed E-state index contributed by atoms with van der Waals surface area (Å²) in [6.45, 7) is 1.37. The predicted molar refractivity (Wildman–Crippen MR) is 151 cm³/mol. The van der Waals surface area contributed by atoms with E-state index in [9.17, 15) is 18.0 Å². The highest BCUT2D eigenvalue weighted by atomic mass is 35.5. The number of ether oxygens (including phenoxy) is 3. The molecule has 39 heavy (non-hydrogen) atoms. The third kappa shape index (κ3) is 6.15. The fourth-order valence-corrected chi connectivity index (χ4v) is 7.25. The van der Waals surface area contributed by atoms with Gasteiger partial charge in [0.1, 0.15) is 11.5 Å². The van der Waals surface area contributed by atoms with Gasteiger partial charge in [-0.1, -0.05) is 11.6 Å². The summed E-state index contributed by atoms with van der Waals surface area (Å²) in [4.78, 5) is 27.1. The number of carbonyl (C=O) groups is 2. The molecule has 1 amide bonds. The molecule has 0 saturated carbocycles. The van der Waals surface area contributed by atoms with Crippen LogP contribution >= 0.6 is 22.9 Å². The summed E-state index contributed by atoms with van der Waals surface area (Å²) in [6.07, 6.45) is 3.47. The largest absolute Gasteiger partial charge is 0.493 e. The van der Waals surface area contributed by atoms with Crippen molar-refractivity contribution in [3.63, 3.8) is 0 Å². The zero-order chi connectivity index (χ0) is 28.2. The van der Waals surface area contributed by atoms with Crippen molar-refractivity contribution >= 4 is 55.5 Å². The number of sulfonamides is 1. The maximum absolute atomic E-state index is 13.8. The van der Waals surface area contributed by atoms with E-state index in [4.69, 9.17) is 25.8 Å². The lowest BCUT2D eigenvalue weighted by atomic mass is 9.95.